The predicted octanol–water partition coefficient (Wildman–Crippen LogP) is 4.16. The number of hydrogen-bond donors (Lipinski definition) is 2. The maximum Gasteiger partial charge on any atom is 0.134 e. The first-order valence-corrected chi connectivity index (χ1v) is 8.00. The highest BCUT2D eigenvalue weighted by Gasteiger charge is 2.11. The summed E-state index contributed by atoms with van der Waals surface area (Å²) >= 11 is 0. The van der Waals surface area contributed by atoms with Crippen LogP contribution in [0, 0.1) is 6.92 Å². The number of nitrogens with zero attached hydrogens (tertiary/aromatic N) is 2. The average Bonchev–Trinajstić information content (AvgIpc) is 2.45. The van der Waals surface area contributed by atoms with E-state index in [9.17, 15) is 0 Å². The van der Waals surface area contributed by atoms with Gasteiger partial charge in [0.25, 0.3) is 0 Å². The van der Waals surface area contributed by atoms with E-state index in [0.717, 1.165) is 42.4 Å². The van der Waals surface area contributed by atoms with E-state index >= 15 is 0 Å². The molecule has 0 spiro atoms. The molecule has 4 nitrogen and oxygen atoms in total. The fourth-order valence-electron chi connectivity index (χ4n) is 2.09. The van der Waals surface area contributed by atoms with E-state index in [4.69, 9.17) is 0 Å². The van der Waals surface area contributed by atoms with Crippen LogP contribution < -0.4 is 10.6 Å². The zero-order chi connectivity index (χ0) is 15.0. The van der Waals surface area contributed by atoms with Crippen molar-refractivity contribution in [2.75, 3.05) is 17.2 Å². The molecule has 4 heteroatoms. The molecule has 1 atom stereocenters. The minimum Gasteiger partial charge on any atom is -0.370 e. The van der Waals surface area contributed by atoms with Crippen molar-refractivity contribution in [3.63, 3.8) is 0 Å². The molecule has 1 unspecified atom stereocenters. The van der Waals surface area contributed by atoms with Gasteiger partial charge in [0.15, 0.2) is 0 Å². The number of nitrogens with one attached hydrogen (secondary N) is 2. The van der Waals surface area contributed by atoms with Crippen LogP contribution in [-0.4, -0.2) is 22.6 Å². The topological polar surface area (TPSA) is 49.8 Å². The smallest absolute Gasteiger partial charge is 0.134 e. The number of aryl methyl sites for hydroxylation is 1. The second-order valence-electron chi connectivity index (χ2n) is 5.43. The molecule has 1 heterocycles. The molecule has 0 aliphatic carbocycles. The Kier molecular flexibility index (Phi) is 7.34. The third kappa shape index (κ3) is 4.99. The third-order valence-electron chi connectivity index (χ3n) is 3.42. The van der Waals surface area contributed by atoms with Gasteiger partial charge in [-0.3, -0.25) is 0 Å². The summed E-state index contributed by atoms with van der Waals surface area (Å²) in [4.78, 5) is 9.24. The van der Waals surface area contributed by atoms with Crippen LogP contribution in [0.1, 0.15) is 64.8 Å². The van der Waals surface area contributed by atoms with Crippen molar-refractivity contribution in [1.29, 1.82) is 0 Å². The minimum atomic E-state index is 0.451. The number of anilines is 2. The minimum absolute atomic E-state index is 0.451. The van der Waals surface area contributed by atoms with Crippen LogP contribution >= 0.6 is 0 Å². The van der Waals surface area contributed by atoms with E-state index in [2.05, 4.69) is 55.2 Å². The van der Waals surface area contributed by atoms with Crippen LogP contribution in [0.5, 0.6) is 0 Å². The van der Waals surface area contributed by atoms with E-state index in [-0.39, 0.29) is 0 Å². The van der Waals surface area contributed by atoms with Crippen molar-refractivity contribution in [3.8, 4) is 0 Å². The molecule has 0 radical (unpaired) electrons. The van der Waals surface area contributed by atoms with Crippen LogP contribution in [0.25, 0.3) is 0 Å². The molecule has 1 rings (SSSR count). The number of aromatic nitrogens is 2. The van der Waals surface area contributed by atoms with Gasteiger partial charge in [-0.05, 0) is 26.7 Å². The molecular formula is C16H30N4. The molecule has 1 aromatic rings. The van der Waals surface area contributed by atoms with E-state index in [1.165, 1.54) is 19.3 Å². The Bertz CT molecular complexity index is 404. The van der Waals surface area contributed by atoms with Gasteiger partial charge in [0.2, 0.25) is 0 Å². The zero-order valence-electron chi connectivity index (χ0n) is 13.7. The highest BCUT2D eigenvalue weighted by molar-refractivity contribution is 5.57. The van der Waals surface area contributed by atoms with Crippen LogP contribution in [0.2, 0.25) is 0 Å². The Morgan fingerprint density at radius 3 is 2.35 bits per heavy atom. The highest BCUT2D eigenvalue weighted by atomic mass is 15.1. The molecule has 0 aromatic carbocycles. The van der Waals surface area contributed by atoms with Crippen LogP contribution in [0.3, 0.4) is 0 Å². The van der Waals surface area contributed by atoms with Gasteiger partial charge in [-0.15, -0.1) is 0 Å². The van der Waals surface area contributed by atoms with Gasteiger partial charge in [0.1, 0.15) is 17.5 Å². The second-order valence-corrected chi connectivity index (χ2v) is 5.43. The first kappa shape index (κ1) is 16.7. The number of hydrogen-bond acceptors (Lipinski definition) is 4. The number of unbranched alkanes of at least 4 members (excludes halogenated alkanes) is 1. The molecule has 0 aliphatic heterocycles. The first-order valence-electron chi connectivity index (χ1n) is 8.00. The summed E-state index contributed by atoms with van der Waals surface area (Å²) in [5, 5.41) is 6.95. The van der Waals surface area contributed by atoms with E-state index in [1.807, 2.05) is 0 Å². The maximum atomic E-state index is 4.65. The summed E-state index contributed by atoms with van der Waals surface area (Å²) in [5.41, 5.74) is 1.12. The monoisotopic (exact) mass is 278 g/mol. The molecule has 0 fully saturated rings. The fraction of sp³-hybridized carbons (Fsp3) is 0.750. The van der Waals surface area contributed by atoms with Gasteiger partial charge in [0, 0.05) is 24.6 Å². The lowest BCUT2D eigenvalue weighted by atomic mass is 10.1. The molecule has 1 aromatic heterocycles. The second kappa shape index (κ2) is 8.77. The third-order valence-corrected chi connectivity index (χ3v) is 3.42. The van der Waals surface area contributed by atoms with Crippen LogP contribution in [-0.2, 0) is 6.42 Å². The van der Waals surface area contributed by atoms with Gasteiger partial charge in [-0.1, -0.05) is 33.6 Å². The molecule has 0 saturated carbocycles. The summed E-state index contributed by atoms with van der Waals surface area (Å²) in [6, 6.07) is 0.451. The lowest BCUT2D eigenvalue weighted by molar-refractivity contribution is 0.642. The summed E-state index contributed by atoms with van der Waals surface area (Å²) in [6.45, 7) is 11.7. The van der Waals surface area contributed by atoms with Crippen molar-refractivity contribution < 1.29 is 0 Å². The molecule has 0 bridgehead atoms. The lowest BCUT2D eigenvalue weighted by Crippen LogP contribution is -2.19. The average molecular weight is 278 g/mol. The lowest BCUT2D eigenvalue weighted by Gasteiger charge is -2.18. The summed E-state index contributed by atoms with van der Waals surface area (Å²) < 4.78 is 0. The van der Waals surface area contributed by atoms with Gasteiger partial charge in [-0.2, -0.15) is 0 Å². The number of rotatable bonds is 9. The molecule has 0 amide bonds. The summed E-state index contributed by atoms with van der Waals surface area (Å²) in [5.74, 6) is 2.86. The van der Waals surface area contributed by atoms with E-state index in [1.54, 1.807) is 0 Å². The van der Waals surface area contributed by atoms with Gasteiger partial charge >= 0.3 is 0 Å². The SMILES string of the molecule is CCCCC(C)Nc1nc(CC)nc(NCCC)c1C. The van der Waals surface area contributed by atoms with Gasteiger partial charge in [0.05, 0.1) is 0 Å². The molecular weight excluding hydrogens is 248 g/mol. The summed E-state index contributed by atoms with van der Waals surface area (Å²) in [7, 11) is 0. The largest absolute Gasteiger partial charge is 0.370 e. The van der Waals surface area contributed by atoms with Gasteiger partial charge < -0.3 is 10.6 Å². The van der Waals surface area contributed by atoms with Crippen LogP contribution in [0.4, 0.5) is 11.6 Å². The highest BCUT2D eigenvalue weighted by Crippen LogP contribution is 2.21. The Morgan fingerprint density at radius 2 is 1.75 bits per heavy atom. The Morgan fingerprint density at radius 1 is 1.05 bits per heavy atom. The molecule has 0 aliphatic rings. The van der Waals surface area contributed by atoms with E-state index in [0.29, 0.717) is 6.04 Å². The molecule has 114 valence electrons. The predicted molar refractivity (Wildman–Crippen MR) is 87.5 cm³/mol. The van der Waals surface area contributed by atoms with Crippen molar-refractivity contribution in [1.82, 2.24) is 9.97 Å². The Labute approximate surface area is 123 Å². The van der Waals surface area contributed by atoms with Crippen molar-refractivity contribution in [2.24, 2.45) is 0 Å². The Hall–Kier alpha value is -1.32. The first-order chi connectivity index (χ1) is 9.62. The van der Waals surface area contributed by atoms with Crippen molar-refractivity contribution >= 4 is 11.6 Å². The quantitative estimate of drug-likeness (QED) is 0.712. The van der Waals surface area contributed by atoms with Crippen LogP contribution in [0.15, 0.2) is 0 Å². The molecule has 2 N–H and O–H groups in total. The molecule has 0 saturated heterocycles. The van der Waals surface area contributed by atoms with Crippen molar-refractivity contribution in [3.05, 3.63) is 11.4 Å². The standard InChI is InChI=1S/C16H30N4/c1-6-9-10-12(4)18-16-13(5)15(17-11-7-2)19-14(8-3)20-16/h12H,6-11H2,1-5H3,(H2,17,18,19,20). The van der Waals surface area contributed by atoms with Crippen molar-refractivity contribution in [2.45, 2.75) is 72.8 Å². The summed E-state index contributed by atoms with van der Waals surface area (Å²) in [6.07, 6.45) is 5.62. The fourth-order valence-corrected chi connectivity index (χ4v) is 2.09. The Balaban J connectivity index is 2.87. The zero-order valence-corrected chi connectivity index (χ0v) is 13.7. The molecule has 20 heavy (non-hydrogen) atoms. The normalized spacial score (nSPS) is 12.2. The van der Waals surface area contributed by atoms with E-state index < -0.39 is 0 Å². The maximum absolute atomic E-state index is 4.65. The van der Waals surface area contributed by atoms with Gasteiger partial charge in [-0.25, -0.2) is 9.97 Å².